The van der Waals surface area contributed by atoms with Gasteiger partial charge in [-0.15, -0.1) is 12.4 Å². The maximum absolute atomic E-state index is 12.4. The molecular weight excluding hydrogens is 363 g/mol. The number of nitrogen functional groups attached to an aromatic ring is 1. The highest BCUT2D eigenvalue weighted by molar-refractivity contribution is 7.89. The van der Waals surface area contributed by atoms with Crippen molar-refractivity contribution in [2.24, 2.45) is 5.41 Å². The molecule has 4 N–H and O–H groups in total. The number of nitrogens with two attached hydrogens (primary N) is 1. The van der Waals surface area contributed by atoms with E-state index in [2.05, 4.69) is 15.0 Å². The van der Waals surface area contributed by atoms with Crippen molar-refractivity contribution >= 4 is 39.8 Å². The molecule has 1 aliphatic heterocycles. The summed E-state index contributed by atoms with van der Waals surface area (Å²) in [6.45, 7) is 2.47. The Kier molecular flexibility index (Phi) is 7.50. The lowest BCUT2D eigenvalue weighted by atomic mass is 9.80. The summed E-state index contributed by atoms with van der Waals surface area (Å²) in [5.41, 5.74) is 5.44. The molecule has 0 amide bonds. The Hall–Kier alpha value is -0.640. The molecular formula is C13H22Cl2N4O3S. The first-order valence-corrected chi connectivity index (χ1v) is 8.85. The molecule has 0 atom stereocenters. The van der Waals surface area contributed by atoms with Gasteiger partial charge in [0.25, 0.3) is 0 Å². The molecule has 132 valence electrons. The number of anilines is 1. The molecule has 1 saturated heterocycles. The van der Waals surface area contributed by atoms with Gasteiger partial charge in [-0.2, -0.15) is 0 Å². The molecule has 2 heterocycles. The Bertz CT molecular complexity index is 616. The highest BCUT2D eigenvalue weighted by Gasteiger charge is 2.34. The number of aromatic nitrogens is 1. The van der Waals surface area contributed by atoms with Crippen molar-refractivity contribution in [3.63, 3.8) is 0 Å². The average molecular weight is 385 g/mol. The summed E-state index contributed by atoms with van der Waals surface area (Å²) >= 11 is 5.81. The summed E-state index contributed by atoms with van der Waals surface area (Å²) in [7, 11) is -2.14. The maximum atomic E-state index is 12.4. The van der Waals surface area contributed by atoms with Crippen LogP contribution in [0.1, 0.15) is 12.8 Å². The second kappa shape index (κ2) is 8.46. The van der Waals surface area contributed by atoms with Crippen molar-refractivity contribution in [3.05, 3.63) is 17.3 Å². The monoisotopic (exact) mass is 384 g/mol. The fourth-order valence-electron chi connectivity index (χ4n) is 2.61. The van der Waals surface area contributed by atoms with Gasteiger partial charge in [0.15, 0.2) is 0 Å². The van der Waals surface area contributed by atoms with E-state index >= 15 is 0 Å². The Morgan fingerprint density at radius 3 is 2.74 bits per heavy atom. The number of nitrogens with one attached hydrogen (secondary N) is 2. The van der Waals surface area contributed by atoms with E-state index in [1.165, 1.54) is 12.3 Å². The molecule has 0 bridgehead atoms. The molecule has 1 aromatic heterocycles. The van der Waals surface area contributed by atoms with Crippen molar-refractivity contribution in [3.8, 4) is 0 Å². The van der Waals surface area contributed by atoms with E-state index < -0.39 is 10.0 Å². The summed E-state index contributed by atoms with van der Waals surface area (Å²) in [5.74, 6) is -0.0667. The molecule has 0 aliphatic carbocycles. The molecule has 1 aliphatic rings. The summed E-state index contributed by atoms with van der Waals surface area (Å²) in [5, 5.41) is 3.49. The Morgan fingerprint density at radius 1 is 1.48 bits per heavy atom. The average Bonchev–Trinajstić information content (AvgIpc) is 2.49. The SMILES string of the molecule is COCC1(CNS(=O)(=O)c2cc(Cl)cnc2N)CCNCC1.Cl. The van der Waals surface area contributed by atoms with Crippen LogP contribution in [0.4, 0.5) is 5.82 Å². The predicted octanol–water partition coefficient (Wildman–Crippen LogP) is 1.03. The highest BCUT2D eigenvalue weighted by atomic mass is 35.5. The number of halogens is 2. The van der Waals surface area contributed by atoms with E-state index in [4.69, 9.17) is 22.1 Å². The first-order valence-electron chi connectivity index (χ1n) is 6.99. The van der Waals surface area contributed by atoms with Crippen LogP contribution < -0.4 is 15.8 Å². The van der Waals surface area contributed by atoms with Gasteiger partial charge in [-0.25, -0.2) is 18.1 Å². The van der Waals surface area contributed by atoms with Crippen LogP contribution in [-0.4, -0.2) is 46.8 Å². The molecule has 7 nitrogen and oxygen atoms in total. The molecule has 0 spiro atoms. The molecule has 2 rings (SSSR count). The van der Waals surface area contributed by atoms with Crippen LogP contribution in [0.2, 0.25) is 5.02 Å². The van der Waals surface area contributed by atoms with Gasteiger partial charge in [0.05, 0.1) is 11.6 Å². The first kappa shape index (κ1) is 20.4. The predicted molar refractivity (Wildman–Crippen MR) is 92.5 cm³/mol. The molecule has 1 fully saturated rings. The second-order valence-electron chi connectivity index (χ2n) is 5.54. The number of pyridine rings is 1. The quantitative estimate of drug-likeness (QED) is 0.676. The molecule has 23 heavy (non-hydrogen) atoms. The van der Waals surface area contributed by atoms with E-state index in [-0.39, 0.29) is 40.1 Å². The zero-order valence-electron chi connectivity index (χ0n) is 12.8. The fraction of sp³-hybridized carbons (Fsp3) is 0.615. The molecule has 10 heteroatoms. The molecule has 0 radical (unpaired) electrons. The van der Waals surface area contributed by atoms with E-state index in [0.717, 1.165) is 25.9 Å². The van der Waals surface area contributed by atoms with Crippen LogP contribution in [0.5, 0.6) is 0 Å². The minimum Gasteiger partial charge on any atom is -0.384 e. The van der Waals surface area contributed by atoms with E-state index in [9.17, 15) is 8.42 Å². The molecule has 1 aromatic rings. The van der Waals surface area contributed by atoms with Crippen LogP contribution in [0.3, 0.4) is 0 Å². The maximum Gasteiger partial charge on any atom is 0.244 e. The molecule has 0 saturated carbocycles. The normalized spacial score (nSPS) is 17.5. The van der Waals surface area contributed by atoms with E-state index in [1.807, 2.05) is 0 Å². The summed E-state index contributed by atoms with van der Waals surface area (Å²) in [6.07, 6.45) is 2.99. The topological polar surface area (TPSA) is 106 Å². The fourth-order valence-corrected chi connectivity index (χ4v) is 4.09. The van der Waals surface area contributed by atoms with Gasteiger partial charge < -0.3 is 15.8 Å². The number of ether oxygens (including phenoxy) is 1. The first-order chi connectivity index (χ1) is 10.4. The second-order valence-corrected chi connectivity index (χ2v) is 7.72. The highest BCUT2D eigenvalue weighted by Crippen LogP contribution is 2.29. The van der Waals surface area contributed by atoms with Crippen LogP contribution in [-0.2, 0) is 14.8 Å². The number of methoxy groups -OCH3 is 1. The van der Waals surface area contributed by atoms with Gasteiger partial charge in [0.2, 0.25) is 10.0 Å². The minimum absolute atomic E-state index is 0. The largest absolute Gasteiger partial charge is 0.384 e. The van der Waals surface area contributed by atoms with Crippen molar-refractivity contribution in [2.75, 3.05) is 39.1 Å². The third-order valence-corrected chi connectivity index (χ3v) is 5.53. The van der Waals surface area contributed by atoms with Crippen molar-refractivity contribution in [2.45, 2.75) is 17.7 Å². The van der Waals surface area contributed by atoms with Crippen molar-refractivity contribution < 1.29 is 13.2 Å². The number of nitrogens with zero attached hydrogens (tertiary/aromatic N) is 1. The lowest BCUT2D eigenvalue weighted by Crippen LogP contribution is -2.47. The number of piperidine rings is 1. The molecule has 0 unspecified atom stereocenters. The zero-order valence-corrected chi connectivity index (χ0v) is 15.2. The van der Waals surface area contributed by atoms with E-state index in [1.54, 1.807) is 7.11 Å². The van der Waals surface area contributed by atoms with Crippen LogP contribution in [0.25, 0.3) is 0 Å². The lowest BCUT2D eigenvalue weighted by Gasteiger charge is -2.37. The van der Waals surface area contributed by atoms with Gasteiger partial charge in [-0.1, -0.05) is 11.6 Å². The van der Waals surface area contributed by atoms with E-state index in [0.29, 0.717) is 6.61 Å². The van der Waals surface area contributed by atoms with Gasteiger partial charge in [0, 0.05) is 25.3 Å². The van der Waals surface area contributed by atoms with Crippen molar-refractivity contribution in [1.82, 2.24) is 15.0 Å². The Balaban J connectivity index is 0.00000264. The summed E-state index contributed by atoms with van der Waals surface area (Å²) in [4.78, 5) is 3.69. The number of rotatable bonds is 6. The third-order valence-electron chi connectivity index (χ3n) is 3.89. The van der Waals surface area contributed by atoms with Gasteiger partial charge in [0.1, 0.15) is 10.7 Å². The lowest BCUT2D eigenvalue weighted by molar-refractivity contribution is 0.0577. The molecule has 0 aromatic carbocycles. The van der Waals surface area contributed by atoms with Crippen molar-refractivity contribution in [1.29, 1.82) is 0 Å². The number of sulfonamides is 1. The third kappa shape index (κ3) is 5.17. The Labute approximate surface area is 147 Å². The standard InChI is InChI=1S/C13H21ClN4O3S.ClH/c1-21-9-13(2-4-16-5-3-13)8-18-22(19,20)11-6-10(14)7-17-12(11)15;/h6-7,16,18H,2-5,8-9H2,1H3,(H2,15,17);1H. The van der Waals surface area contributed by atoms with Crippen LogP contribution in [0, 0.1) is 5.41 Å². The Morgan fingerprint density at radius 2 is 2.13 bits per heavy atom. The summed E-state index contributed by atoms with van der Waals surface area (Å²) < 4.78 is 32.8. The van der Waals surface area contributed by atoms with Gasteiger partial charge >= 0.3 is 0 Å². The van der Waals surface area contributed by atoms with Gasteiger partial charge in [-0.05, 0) is 32.0 Å². The van der Waals surface area contributed by atoms with Crippen LogP contribution >= 0.6 is 24.0 Å². The smallest absolute Gasteiger partial charge is 0.244 e. The summed E-state index contributed by atoms with van der Waals surface area (Å²) in [6, 6.07) is 1.30. The zero-order chi connectivity index (χ0) is 16.2. The minimum atomic E-state index is -3.77. The number of hydrogen-bond donors (Lipinski definition) is 3. The van der Waals surface area contributed by atoms with Gasteiger partial charge in [-0.3, -0.25) is 0 Å². The number of hydrogen-bond acceptors (Lipinski definition) is 6. The van der Waals surface area contributed by atoms with Crippen LogP contribution in [0.15, 0.2) is 17.2 Å².